The summed E-state index contributed by atoms with van der Waals surface area (Å²) in [6, 6.07) is 31.3. The average Bonchev–Trinajstić information content (AvgIpc) is 3.65. The van der Waals surface area contributed by atoms with E-state index in [2.05, 4.69) is 56.3 Å². The summed E-state index contributed by atoms with van der Waals surface area (Å²) in [6.07, 6.45) is 4.64. The number of nitrogens with zero attached hydrogens (tertiary/aromatic N) is 5. The Morgan fingerprint density at radius 1 is 0.744 bits per heavy atom. The molecular weight excluding hydrogens is 534 g/mol. The lowest BCUT2D eigenvalue weighted by molar-refractivity contribution is 0.188. The molecule has 4 aromatic carbocycles. The van der Waals surface area contributed by atoms with Gasteiger partial charge in [0.25, 0.3) is 0 Å². The first-order chi connectivity index (χ1) is 21.2. The molecule has 1 aliphatic heterocycles. The number of para-hydroxylation sites is 2. The lowest BCUT2D eigenvalue weighted by Gasteiger charge is -2.32. The summed E-state index contributed by atoms with van der Waals surface area (Å²) in [5, 5.41) is 0. The Kier molecular flexibility index (Phi) is 6.34. The fourth-order valence-corrected chi connectivity index (χ4v) is 6.44. The van der Waals surface area contributed by atoms with Gasteiger partial charge in [0.1, 0.15) is 0 Å². The van der Waals surface area contributed by atoms with Gasteiger partial charge in [-0.05, 0) is 49.1 Å². The van der Waals surface area contributed by atoms with E-state index in [1.807, 2.05) is 59.2 Å². The average molecular weight is 566 g/mol. The Labute approximate surface area is 248 Å². The Morgan fingerprint density at radius 2 is 1.44 bits per heavy atom. The number of H-pyrrole nitrogens is 2. The van der Waals surface area contributed by atoms with Crippen LogP contribution < -0.4 is 5.69 Å². The van der Waals surface area contributed by atoms with Gasteiger partial charge >= 0.3 is 5.69 Å². The molecule has 7 aromatic rings. The van der Waals surface area contributed by atoms with Crippen LogP contribution in [-0.2, 0) is 6.42 Å². The third-order valence-corrected chi connectivity index (χ3v) is 8.74. The van der Waals surface area contributed by atoms with Crippen LogP contribution in [-0.4, -0.2) is 54.0 Å². The van der Waals surface area contributed by atoms with Crippen molar-refractivity contribution in [3.63, 3.8) is 0 Å². The van der Waals surface area contributed by atoms with E-state index in [0.717, 1.165) is 94.5 Å². The minimum absolute atomic E-state index is 0.000794. The summed E-state index contributed by atoms with van der Waals surface area (Å²) in [6.45, 7) is 2.98. The Hall–Kier alpha value is -5.08. The largest absolute Gasteiger partial charge is 0.345 e. The van der Waals surface area contributed by atoms with Crippen molar-refractivity contribution in [1.82, 2.24) is 34.4 Å². The van der Waals surface area contributed by atoms with Crippen molar-refractivity contribution in [1.29, 1.82) is 0 Å². The highest BCUT2D eigenvalue weighted by atomic mass is 16.1. The van der Waals surface area contributed by atoms with Gasteiger partial charge in [-0.25, -0.2) is 19.7 Å². The zero-order valence-electron chi connectivity index (χ0n) is 23.7. The van der Waals surface area contributed by atoms with E-state index in [1.54, 1.807) is 6.33 Å². The number of nitrogens with one attached hydrogen (secondary N) is 2. The molecule has 43 heavy (non-hydrogen) atoms. The lowest BCUT2D eigenvalue weighted by Crippen LogP contribution is -2.37. The van der Waals surface area contributed by atoms with Crippen molar-refractivity contribution >= 4 is 33.1 Å². The standard InChI is InChI=1S/C35H31N7O/c43-35-40-27-8-4-5-9-32(27)42(35)26-15-18-41(19-16-26)17-14-23-10-12-25(13-11-23)34-33(24-6-2-1-3-7-24)38-30-20-28-29(37-22-36-28)21-31(30)39-34/h1-13,20-22,26H,14-19H2,(H,36,37)(H,40,43). The maximum atomic E-state index is 12.6. The smallest absolute Gasteiger partial charge is 0.326 e. The zero-order chi connectivity index (χ0) is 28.8. The molecular formula is C35H31N7O. The molecule has 0 saturated carbocycles. The number of rotatable bonds is 6. The van der Waals surface area contributed by atoms with Gasteiger partial charge in [-0.15, -0.1) is 0 Å². The second-order valence-electron chi connectivity index (χ2n) is 11.4. The summed E-state index contributed by atoms with van der Waals surface area (Å²) >= 11 is 0. The molecule has 0 radical (unpaired) electrons. The third kappa shape index (κ3) is 4.79. The topological polar surface area (TPSA) is 95.5 Å². The molecule has 212 valence electrons. The van der Waals surface area contributed by atoms with Gasteiger partial charge < -0.3 is 14.9 Å². The second-order valence-corrected chi connectivity index (χ2v) is 11.4. The van der Waals surface area contributed by atoms with Crippen LogP contribution in [0.4, 0.5) is 0 Å². The Morgan fingerprint density at radius 3 is 2.23 bits per heavy atom. The van der Waals surface area contributed by atoms with Gasteiger partial charge in [-0.2, -0.15) is 0 Å². The number of hydrogen-bond acceptors (Lipinski definition) is 5. The predicted octanol–water partition coefficient (Wildman–Crippen LogP) is 6.36. The van der Waals surface area contributed by atoms with Crippen molar-refractivity contribution < 1.29 is 0 Å². The zero-order valence-corrected chi connectivity index (χ0v) is 23.7. The SMILES string of the molecule is O=c1[nH]c2ccccc2n1C1CCN(CCc2ccc(-c3nc4cc5[nH]cnc5cc4nc3-c3ccccc3)cc2)CC1. The van der Waals surface area contributed by atoms with Crippen LogP contribution in [0.1, 0.15) is 24.4 Å². The summed E-state index contributed by atoms with van der Waals surface area (Å²) < 4.78 is 1.96. The summed E-state index contributed by atoms with van der Waals surface area (Å²) in [4.78, 5) is 35.9. The Bertz CT molecular complexity index is 2120. The van der Waals surface area contributed by atoms with Gasteiger partial charge in [0.15, 0.2) is 0 Å². The first kappa shape index (κ1) is 25.6. The molecule has 8 heteroatoms. The lowest BCUT2D eigenvalue weighted by atomic mass is 10.0. The summed E-state index contributed by atoms with van der Waals surface area (Å²) in [5.41, 5.74) is 10.6. The van der Waals surface area contributed by atoms with Gasteiger partial charge in [-0.1, -0.05) is 66.7 Å². The molecule has 0 spiro atoms. The molecule has 8 nitrogen and oxygen atoms in total. The number of benzene rings is 4. The van der Waals surface area contributed by atoms with Crippen LogP contribution >= 0.6 is 0 Å². The fraction of sp³-hybridized carbons (Fsp3) is 0.200. The Balaban J connectivity index is 0.995. The molecule has 0 unspecified atom stereocenters. The molecule has 1 aliphatic rings. The quantitative estimate of drug-likeness (QED) is 0.245. The van der Waals surface area contributed by atoms with Crippen LogP contribution in [0.5, 0.6) is 0 Å². The van der Waals surface area contributed by atoms with E-state index in [0.29, 0.717) is 0 Å². The normalized spacial score (nSPS) is 14.7. The number of imidazole rings is 2. The molecule has 1 fully saturated rings. The molecule has 2 N–H and O–H groups in total. The number of fused-ring (bicyclic) bond motifs is 3. The highest BCUT2D eigenvalue weighted by molar-refractivity contribution is 5.94. The molecule has 3 aromatic heterocycles. The highest BCUT2D eigenvalue weighted by Gasteiger charge is 2.23. The molecule has 0 atom stereocenters. The van der Waals surface area contributed by atoms with E-state index in [-0.39, 0.29) is 11.7 Å². The molecule has 4 heterocycles. The van der Waals surface area contributed by atoms with Gasteiger partial charge in [0.2, 0.25) is 0 Å². The predicted molar refractivity (Wildman–Crippen MR) is 171 cm³/mol. The van der Waals surface area contributed by atoms with Crippen LogP contribution in [0.3, 0.4) is 0 Å². The minimum Gasteiger partial charge on any atom is -0.345 e. The molecule has 1 saturated heterocycles. The number of piperidine rings is 1. The number of aromatic amines is 2. The van der Waals surface area contributed by atoms with Crippen LogP contribution in [0.2, 0.25) is 0 Å². The van der Waals surface area contributed by atoms with Gasteiger partial charge in [-0.3, -0.25) is 4.57 Å². The molecule has 0 amide bonds. The van der Waals surface area contributed by atoms with E-state index in [1.165, 1.54) is 5.56 Å². The maximum Gasteiger partial charge on any atom is 0.326 e. The second kappa shape index (κ2) is 10.6. The first-order valence-electron chi connectivity index (χ1n) is 14.9. The van der Waals surface area contributed by atoms with E-state index >= 15 is 0 Å². The van der Waals surface area contributed by atoms with Crippen LogP contribution in [0, 0.1) is 0 Å². The van der Waals surface area contributed by atoms with Crippen molar-refractivity contribution in [2.45, 2.75) is 25.3 Å². The molecule has 0 aliphatic carbocycles. The monoisotopic (exact) mass is 565 g/mol. The third-order valence-electron chi connectivity index (χ3n) is 8.74. The van der Waals surface area contributed by atoms with E-state index in [9.17, 15) is 4.79 Å². The van der Waals surface area contributed by atoms with E-state index in [4.69, 9.17) is 9.97 Å². The number of hydrogen-bond donors (Lipinski definition) is 2. The summed E-state index contributed by atoms with van der Waals surface area (Å²) in [5.74, 6) is 0. The molecule has 8 rings (SSSR count). The fourth-order valence-electron chi connectivity index (χ4n) is 6.44. The molecule has 0 bridgehead atoms. The van der Waals surface area contributed by atoms with Gasteiger partial charge in [0, 0.05) is 36.8 Å². The van der Waals surface area contributed by atoms with Crippen molar-refractivity contribution in [2.75, 3.05) is 19.6 Å². The summed E-state index contributed by atoms with van der Waals surface area (Å²) in [7, 11) is 0. The highest BCUT2D eigenvalue weighted by Crippen LogP contribution is 2.32. The number of likely N-dealkylation sites (tertiary alicyclic amines) is 1. The maximum absolute atomic E-state index is 12.6. The number of aromatic nitrogens is 6. The van der Waals surface area contributed by atoms with Crippen LogP contribution in [0.15, 0.2) is 102 Å². The van der Waals surface area contributed by atoms with Crippen molar-refractivity contribution in [3.8, 4) is 22.5 Å². The van der Waals surface area contributed by atoms with Crippen LogP contribution in [0.25, 0.3) is 55.6 Å². The van der Waals surface area contributed by atoms with Crippen molar-refractivity contribution in [2.24, 2.45) is 0 Å². The first-order valence-corrected chi connectivity index (χ1v) is 14.9. The minimum atomic E-state index is 0.000794. The van der Waals surface area contributed by atoms with Crippen molar-refractivity contribution in [3.05, 3.63) is 113 Å². The van der Waals surface area contributed by atoms with E-state index < -0.39 is 0 Å². The van der Waals surface area contributed by atoms with Gasteiger partial charge in [0.05, 0.1) is 50.8 Å².